The van der Waals surface area contributed by atoms with Crippen molar-refractivity contribution in [1.29, 1.82) is 0 Å². The van der Waals surface area contributed by atoms with E-state index in [9.17, 15) is 13.5 Å². The highest BCUT2D eigenvalue weighted by atomic mass is 32.2. The van der Waals surface area contributed by atoms with E-state index in [1.54, 1.807) is 0 Å². The molecule has 0 saturated carbocycles. The predicted octanol–water partition coefficient (Wildman–Crippen LogP) is 0.765. The second kappa shape index (κ2) is 5.26. The summed E-state index contributed by atoms with van der Waals surface area (Å²) in [5.74, 6) is -0.0429. The van der Waals surface area contributed by atoms with Crippen molar-refractivity contribution >= 4 is 10.0 Å². The Kier molecular flexibility index (Phi) is 3.89. The van der Waals surface area contributed by atoms with Gasteiger partial charge in [0.05, 0.1) is 4.90 Å². The molecule has 0 spiro atoms. The lowest BCUT2D eigenvalue weighted by molar-refractivity contribution is 0.242. The van der Waals surface area contributed by atoms with E-state index in [-0.39, 0.29) is 16.7 Å². The SMILES string of the molecule is CN1CCCC(NS(=O)(=O)c2cccc(O)c2)C1. The van der Waals surface area contributed by atoms with Crippen molar-refractivity contribution in [3.05, 3.63) is 24.3 Å². The average molecular weight is 270 g/mol. The van der Waals surface area contributed by atoms with Crippen LogP contribution in [0, 0.1) is 0 Å². The van der Waals surface area contributed by atoms with Gasteiger partial charge in [-0.3, -0.25) is 0 Å². The van der Waals surface area contributed by atoms with Gasteiger partial charge >= 0.3 is 0 Å². The van der Waals surface area contributed by atoms with Crippen LogP contribution in [0.1, 0.15) is 12.8 Å². The van der Waals surface area contributed by atoms with Crippen LogP contribution in [0.4, 0.5) is 0 Å². The number of aromatic hydroxyl groups is 1. The molecule has 1 fully saturated rings. The normalized spacial score (nSPS) is 21.9. The van der Waals surface area contributed by atoms with Gasteiger partial charge in [0.15, 0.2) is 0 Å². The molecule has 1 aliphatic rings. The summed E-state index contributed by atoms with van der Waals surface area (Å²) >= 11 is 0. The van der Waals surface area contributed by atoms with Gasteiger partial charge < -0.3 is 10.0 Å². The van der Waals surface area contributed by atoms with Gasteiger partial charge in [0, 0.05) is 12.6 Å². The van der Waals surface area contributed by atoms with Crippen molar-refractivity contribution in [1.82, 2.24) is 9.62 Å². The lowest BCUT2D eigenvalue weighted by atomic mass is 10.1. The highest BCUT2D eigenvalue weighted by Gasteiger charge is 2.23. The number of likely N-dealkylation sites (N-methyl/N-ethyl adjacent to an activating group) is 1. The molecule has 6 heteroatoms. The van der Waals surface area contributed by atoms with Crippen LogP contribution in [0.2, 0.25) is 0 Å². The monoisotopic (exact) mass is 270 g/mol. The molecule has 1 heterocycles. The maximum Gasteiger partial charge on any atom is 0.240 e. The molecule has 1 aromatic rings. The van der Waals surface area contributed by atoms with Gasteiger partial charge in [-0.05, 0) is 44.6 Å². The summed E-state index contributed by atoms with van der Waals surface area (Å²) in [6.45, 7) is 1.72. The standard InChI is InChI=1S/C12H18N2O3S/c1-14-7-3-4-10(9-14)13-18(16,17)12-6-2-5-11(15)8-12/h2,5-6,8,10,13,15H,3-4,7,9H2,1H3. The lowest BCUT2D eigenvalue weighted by Gasteiger charge is -2.29. The lowest BCUT2D eigenvalue weighted by Crippen LogP contribution is -2.46. The first-order valence-corrected chi connectivity index (χ1v) is 7.45. The first-order chi connectivity index (χ1) is 8.47. The largest absolute Gasteiger partial charge is 0.508 e. The molecule has 0 radical (unpaired) electrons. The Morgan fingerprint density at radius 2 is 2.22 bits per heavy atom. The van der Waals surface area contributed by atoms with Crippen molar-refractivity contribution in [3.63, 3.8) is 0 Å². The van der Waals surface area contributed by atoms with Gasteiger partial charge in [0.25, 0.3) is 0 Å². The minimum Gasteiger partial charge on any atom is -0.508 e. The molecule has 0 bridgehead atoms. The number of phenolic OH excluding ortho intramolecular Hbond substituents is 1. The zero-order valence-corrected chi connectivity index (χ0v) is 11.2. The molecule has 1 saturated heterocycles. The minimum atomic E-state index is -3.54. The number of nitrogens with zero attached hydrogens (tertiary/aromatic N) is 1. The van der Waals surface area contributed by atoms with E-state index in [4.69, 9.17) is 0 Å². The third-order valence-electron chi connectivity index (χ3n) is 3.07. The van der Waals surface area contributed by atoms with E-state index >= 15 is 0 Å². The molecule has 1 atom stereocenters. The van der Waals surface area contributed by atoms with Crippen LogP contribution in [0.15, 0.2) is 29.2 Å². The van der Waals surface area contributed by atoms with Gasteiger partial charge in [-0.15, -0.1) is 0 Å². The smallest absolute Gasteiger partial charge is 0.240 e. The van der Waals surface area contributed by atoms with E-state index in [2.05, 4.69) is 9.62 Å². The van der Waals surface area contributed by atoms with Crippen molar-refractivity contribution < 1.29 is 13.5 Å². The molecule has 100 valence electrons. The molecule has 1 aliphatic heterocycles. The summed E-state index contributed by atoms with van der Waals surface area (Å²) in [6, 6.07) is 5.66. The number of nitrogens with one attached hydrogen (secondary N) is 1. The fourth-order valence-electron chi connectivity index (χ4n) is 2.20. The highest BCUT2D eigenvalue weighted by molar-refractivity contribution is 7.89. The molecular weight excluding hydrogens is 252 g/mol. The number of phenols is 1. The predicted molar refractivity (Wildman–Crippen MR) is 68.9 cm³/mol. The van der Waals surface area contributed by atoms with E-state index in [1.807, 2.05) is 7.05 Å². The van der Waals surface area contributed by atoms with Crippen LogP contribution in [-0.2, 0) is 10.0 Å². The fourth-order valence-corrected chi connectivity index (χ4v) is 3.50. The highest BCUT2D eigenvalue weighted by Crippen LogP contribution is 2.17. The first kappa shape index (κ1) is 13.3. The minimum absolute atomic E-state index is 0.0429. The quantitative estimate of drug-likeness (QED) is 0.851. The van der Waals surface area contributed by atoms with Crippen LogP contribution < -0.4 is 4.72 Å². The number of hydrogen-bond donors (Lipinski definition) is 2. The Morgan fingerprint density at radius 3 is 2.89 bits per heavy atom. The number of rotatable bonds is 3. The zero-order valence-electron chi connectivity index (χ0n) is 10.3. The number of benzene rings is 1. The molecule has 18 heavy (non-hydrogen) atoms. The van der Waals surface area contributed by atoms with E-state index < -0.39 is 10.0 Å². The van der Waals surface area contributed by atoms with Crippen LogP contribution in [-0.4, -0.2) is 44.6 Å². The van der Waals surface area contributed by atoms with E-state index in [0.29, 0.717) is 0 Å². The van der Waals surface area contributed by atoms with E-state index in [0.717, 1.165) is 25.9 Å². The van der Waals surface area contributed by atoms with Crippen molar-refractivity contribution in [2.45, 2.75) is 23.8 Å². The summed E-state index contributed by atoms with van der Waals surface area (Å²) < 4.78 is 26.9. The first-order valence-electron chi connectivity index (χ1n) is 5.97. The second-order valence-electron chi connectivity index (χ2n) is 4.72. The Labute approximate surface area is 107 Å². The maximum atomic E-state index is 12.1. The maximum absolute atomic E-state index is 12.1. The molecule has 0 amide bonds. The van der Waals surface area contributed by atoms with Crippen LogP contribution in [0.25, 0.3) is 0 Å². The van der Waals surface area contributed by atoms with Gasteiger partial charge in [0.2, 0.25) is 10.0 Å². The zero-order chi connectivity index (χ0) is 13.2. The van der Waals surface area contributed by atoms with Crippen LogP contribution in [0.5, 0.6) is 5.75 Å². The van der Waals surface area contributed by atoms with Crippen molar-refractivity contribution in [2.24, 2.45) is 0 Å². The average Bonchev–Trinajstić information content (AvgIpc) is 2.28. The van der Waals surface area contributed by atoms with E-state index in [1.165, 1.54) is 24.3 Å². The Hall–Kier alpha value is -1.11. The summed E-state index contributed by atoms with van der Waals surface area (Å²) in [5.41, 5.74) is 0. The summed E-state index contributed by atoms with van der Waals surface area (Å²) in [7, 11) is -1.56. The summed E-state index contributed by atoms with van der Waals surface area (Å²) in [6.07, 6.45) is 1.84. The molecule has 1 unspecified atom stereocenters. The molecular formula is C12H18N2O3S. The molecule has 0 aliphatic carbocycles. The molecule has 2 rings (SSSR count). The second-order valence-corrected chi connectivity index (χ2v) is 6.43. The van der Waals surface area contributed by atoms with Crippen molar-refractivity contribution in [3.8, 4) is 5.75 Å². The third-order valence-corrected chi connectivity index (χ3v) is 4.59. The number of sulfonamides is 1. The molecule has 0 aromatic heterocycles. The Morgan fingerprint density at radius 1 is 1.44 bits per heavy atom. The van der Waals surface area contributed by atoms with Crippen LogP contribution >= 0.6 is 0 Å². The Balaban J connectivity index is 2.12. The van der Waals surface area contributed by atoms with Gasteiger partial charge in [-0.25, -0.2) is 13.1 Å². The molecule has 5 nitrogen and oxygen atoms in total. The number of hydrogen-bond acceptors (Lipinski definition) is 4. The van der Waals surface area contributed by atoms with Gasteiger partial charge in [0.1, 0.15) is 5.75 Å². The Bertz CT molecular complexity index is 516. The number of piperidine rings is 1. The summed E-state index contributed by atoms with van der Waals surface area (Å²) in [4.78, 5) is 2.22. The molecule has 1 aromatic carbocycles. The third kappa shape index (κ3) is 3.22. The van der Waals surface area contributed by atoms with Gasteiger partial charge in [-0.2, -0.15) is 0 Å². The number of likely N-dealkylation sites (tertiary alicyclic amines) is 1. The molecule has 2 N–H and O–H groups in total. The summed E-state index contributed by atoms with van der Waals surface area (Å²) in [5, 5.41) is 9.32. The topological polar surface area (TPSA) is 69.6 Å². The fraction of sp³-hybridized carbons (Fsp3) is 0.500. The van der Waals surface area contributed by atoms with Crippen LogP contribution in [0.3, 0.4) is 0 Å². The van der Waals surface area contributed by atoms with Crippen molar-refractivity contribution in [2.75, 3.05) is 20.1 Å². The van der Waals surface area contributed by atoms with Gasteiger partial charge in [-0.1, -0.05) is 6.07 Å².